The molecule has 0 aliphatic carbocycles. The second-order valence-electron chi connectivity index (χ2n) is 4.84. The van der Waals surface area contributed by atoms with Crippen LogP contribution >= 0.6 is 15.9 Å². The van der Waals surface area contributed by atoms with Gasteiger partial charge < -0.3 is 10.0 Å². The standard InChI is InChI=1S/C14H18BrNO3/c1-8-6-12(15)9(2)5-11(8)13(17)16(4)7-10(3)14(18)19/h5-6,10H,7H2,1-4H3,(H,18,19). The average Bonchev–Trinajstić information content (AvgIpc) is 2.32. The zero-order chi connectivity index (χ0) is 14.7. The number of carboxylic acids is 1. The maximum Gasteiger partial charge on any atom is 0.308 e. The zero-order valence-electron chi connectivity index (χ0n) is 11.5. The summed E-state index contributed by atoms with van der Waals surface area (Å²) in [6, 6.07) is 3.72. The number of hydrogen-bond donors (Lipinski definition) is 1. The van der Waals surface area contributed by atoms with Gasteiger partial charge in [0.25, 0.3) is 5.91 Å². The van der Waals surface area contributed by atoms with Crippen LogP contribution < -0.4 is 0 Å². The Morgan fingerprint density at radius 1 is 1.32 bits per heavy atom. The Morgan fingerprint density at radius 2 is 1.89 bits per heavy atom. The summed E-state index contributed by atoms with van der Waals surface area (Å²) in [5, 5.41) is 8.87. The van der Waals surface area contributed by atoms with Crippen LogP contribution in [0.15, 0.2) is 16.6 Å². The monoisotopic (exact) mass is 327 g/mol. The van der Waals surface area contributed by atoms with Gasteiger partial charge in [-0.2, -0.15) is 0 Å². The number of aliphatic carboxylic acids is 1. The third kappa shape index (κ3) is 3.80. The van der Waals surface area contributed by atoms with Gasteiger partial charge in [-0.3, -0.25) is 9.59 Å². The Balaban J connectivity index is 2.94. The summed E-state index contributed by atoms with van der Waals surface area (Å²) in [5.41, 5.74) is 2.46. The maximum atomic E-state index is 12.3. The number of amides is 1. The lowest BCUT2D eigenvalue weighted by molar-refractivity contribution is -0.141. The molecule has 0 saturated heterocycles. The zero-order valence-corrected chi connectivity index (χ0v) is 13.1. The van der Waals surface area contributed by atoms with E-state index in [4.69, 9.17) is 5.11 Å². The summed E-state index contributed by atoms with van der Waals surface area (Å²) in [6.45, 7) is 5.57. The van der Waals surface area contributed by atoms with E-state index in [-0.39, 0.29) is 12.5 Å². The highest BCUT2D eigenvalue weighted by Crippen LogP contribution is 2.22. The molecule has 0 spiro atoms. The topological polar surface area (TPSA) is 57.6 Å². The molecule has 1 aromatic carbocycles. The fourth-order valence-electron chi connectivity index (χ4n) is 1.79. The number of nitrogens with zero attached hydrogens (tertiary/aromatic N) is 1. The highest BCUT2D eigenvalue weighted by molar-refractivity contribution is 9.10. The number of aryl methyl sites for hydroxylation is 2. The first kappa shape index (κ1) is 15.7. The predicted molar refractivity (Wildman–Crippen MR) is 77.4 cm³/mol. The largest absolute Gasteiger partial charge is 0.481 e. The first-order chi connectivity index (χ1) is 8.73. The maximum absolute atomic E-state index is 12.3. The predicted octanol–water partition coefficient (Wildman–Crippen LogP) is 2.86. The van der Waals surface area contributed by atoms with Gasteiger partial charge in [0.15, 0.2) is 0 Å². The fourth-order valence-corrected chi connectivity index (χ4v) is 2.25. The molecular formula is C14H18BrNO3. The van der Waals surface area contributed by atoms with Crippen molar-refractivity contribution in [3.63, 3.8) is 0 Å². The van der Waals surface area contributed by atoms with E-state index >= 15 is 0 Å². The lowest BCUT2D eigenvalue weighted by Crippen LogP contribution is -2.34. The van der Waals surface area contributed by atoms with Crippen molar-refractivity contribution in [2.24, 2.45) is 5.92 Å². The summed E-state index contributed by atoms with van der Waals surface area (Å²) in [4.78, 5) is 24.6. The van der Waals surface area contributed by atoms with E-state index < -0.39 is 11.9 Å². The van der Waals surface area contributed by atoms with E-state index in [1.165, 1.54) is 4.90 Å². The van der Waals surface area contributed by atoms with Crippen molar-refractivity contribution in [1.29, 1.82) is 0 Å². The van der Waals surface area contributed by atoms with Gasteiger partial charge >= 0.3 is 5.97 Å². The van der Waals surface area contributed by atoms with Crippen LogP contribution in [0.3, 0.4) is 0 Å². The molecule has 0 fully saturated rings. The van der Waals surface area contributed by atoms with Crippen LogP contribution in [-0.4, -0.2) is 35.5 Å². The second kappa shape index (κ2) is 6.19. The molecule has 0 radical (unpaired) electrons. The summed E-state index contributed by atoms with van der Waals surface area (Å²) in [5.74, 6) is -1.63. The first-order valence-electron chi connectivity index (χ1n) is 5.99. The Labute approximate surface area is 121 Å². The molecule has 5 heteroatoms. The van der Waals surface area contributed by atoms with Gasteiger partial charge in [0, 0.05) is 23.6 Å². The van der Waals surface area contributed by atoms with E-state index in [0.717, 1.165) is 15.6 Å². The summed E-state index contributed by atoms with van der Waals surface area (Å²) >= 11 is 3.42. The van der Waals surface area contributed by atoms with Crippen LogP contribution in [-0.2, 0) is 4.79 Å². The summed E-state index contributed by atoms with van der Waals surface area (Å²) < 4.78 is 0.961. The minimum absolute atomic E-state index is 0.152. The van der Waals surface area contributed by atoms with Crippen molar-refractivity contribution < 1.29 is 14.7 Å². The number of carboxylic acid groups (broad SMARTS) is 1. The molecule has 1 amide bonds. The molecule has 1 unspecified atom stereocenters. The van der Waals surface area contributed by atoms with Gasteiger partial charge in [-0.05, 0) is 37.1 Å². The quantitative estimate of drug-likeness (QED) is 0.925. The Bertz CT molecular complexity index is 514. The van der Waals surface area contributed by atoms with Crippen molar-refractivity contribution in [3.05, 3.63) is 33.3 Å². The molecule has 0 aromatic heterocycles. The van der Waals surface area contributed by atoms with E-state index in [9.17, 15) is 9.59 Å². The third-order valence-corrected chi connectivity index (χ3v) is 3.91. The summed E-state index contributed by atoms with van der Waals surface area (Å²) in [7, 11) is 1.62. The molecule has 104 valence electrons. The fraction of sp³-hybridized carbons (Fsp3) is 0.429. The van der Waals surface area contributed by atoms with E-state index in [0.29, 0.717) is 5.56 Å². The van der Waals surface area contributed by atoms with Gasteiger partial charge in [-0.15, -0.1) is 0 Å². The molecule has 1 atom stereocenters. The molecule has 19 heavy (non-hydrogen) atoms. The number of benzene rings is 1. The lowest BCUT2D eigenvalue weighted by atomic mass is 10.0. The molecule has 0 heterocycles. The molecule has 0 aliphatic rings. The summed E-state index contributed by atoms with van der Waals surface area (Å²) in [6.07, 6.45) is 0. The highest BCUT2D eigenvalue weighted by atomic mass is 79.9. The number of hydrogen-bond acceptors (Lipinski definition) is 2. The number of rotatable bonds is 4. The van der Waals surface area contributed by atoms with Crippen molar-refractivity contribution in [3.8, 4) is 0 Å². The molecule has 0 bridgehead atoms. The Kier molecular flexibility index (Phi) is 5.11. The van der Waals surface area contributed by atoms with Gasteiger partial charge in [0.2, 0.25) is 0 Å². The van der Waals surface area contributed by atoms with E-state index in [2.05, 4.69) is 15.9 Å². The smallest absolute Gasteiger partial charge is 0.308 e. The van der Waals surface area contributed by atoms with Crippen molar-refractivity contribution >= 4 is 27.8 Å². The number of halogens is 1. The van der Waals surface area contributed by atoms with Crippen LogP contribution in [0, 0.1) is 19.8 Å². The first-order valence-corrected chi connectivity index (χ1v) is 6.78. The Morgan fingerprint density at radius 3 is 2.42 bits per heavy atom. The van der Waals surface area contributed by atoms with Crippen molar-refractivity contribution in [2.75, 3.05) is 13.6 Å². The van der Waals surface area contributed by atoms with Gasteiger partial charge in [-0.25, -0.2) is 0 Å². The van der Waals surface area contributed by atoms with Crippen LogP contribution in [0.2, 0.25) is 0 Å². The molecule has 1 N–H and O–H groups in total. The minimum Gasteiger partial charge on any atom is -0.481 e. The third-order valence-electron chi connectivity index (χ3n) is 3.05. The van der Waals surface area contributed by atoms with Gasteiger partial charge in [-0.1, -0.05) is 22.9 Å². The molecular weight excluding hydrogens is 310 g/mol. The van der Waals surface area contributed by atoms with Crippen LogP contribution in [0.5, 0.6) is 0 Å². The second-order valence-corrected chi connectivity index (χ2v) is 5.70. The van der Waals surface area contributed by atoms with E-state index in [1.54, 1.807) is 14.0 Å². The molecule has 1 aromatic rings. The van der Waals surface area contributed by atoms with Crippen LogP contribution in [0.4, 0.5) is 0 Å². The lowest BCUT2D eigenvalue weighted by Gasteiger charge is -2.21. The average molecular weight is 328 g/mol. The Hall–Kier alpha value is -1.36. The number of carbonyl (C=O) groups excluding carboxylic acids is 1. The molecule has 0 saturated carbocycles. The molecule has 1 rings (SSSR count). The van der Waals surface area contributed by atoms with Crippen LogP contribution in [0.1, 0.15) is 28.4 Å². The van der Waals surface area contributed by atoms with Crippen LogP contribution in [0.25, 0.3) is 0 Å². The van der Waals surface area contributed by atoms with Gasteiger partial charge in [0.05, 0.1) is 5.92 Å². The number of carbonyl (C=O) groups is 2. The SMILES string of the molecule is Cc1cc(C(=O)N(C)CC(C)C(=O)O)c(C)cc1Br. The molecule has 0 aliphatic heterocycles. The van der Waals surface area contributed by atoms with Crippen molar-refractivity contribution in [1.82, 2.24) is 4.90 Å². The minimum atomic E-state index is -0.900. The van der Waals surface area contributed by atoms with Gasteiger partial charge in [0.1, 0.15) is 0 Å². The van der Waals surface area contributed by atoms with E-state index in [1.807, 2.05) is 26.0 Å². The highest BCUT2D eigenvalue weighted by Gasteiger charge is 2.20. The van der Waals surface area contributed by atoms with Crippen molar-refractivity contribution in [2.45, 2.75) is 20.8 Å². The normalized spacial score (nSPS) is 12.1. The molecule has 4 nitrogen and oxygen atoms in total.